The Morgan fingerprint density at radius 1 is 0.250 bits per heavy atom. The molecule has 12 aromatic rings. The summed E-state index contributed by atoms with van der Waals surface area (Å²) in [5, 5.41) is 10.4. The minimum Gasteiger partial charge on any atom is -1.00 e. The predicted molar refractivity (Wildman–Crippen MR) is 224 cm³/mol. The molecule has 0 spiro atoms. The van der Waals surface area contributed by atoms with Crippen LogP contribution in [0.4, 0.5) is 0 Å². The first-order chi connectivity index (χ1) is 25.8. The highest BCUT2D eigenvalue weighted by Crippen LogP contribution is 2.27. The van der Waals surface area contributed by atoms with E-state index in [1.54, 1.807) is 45.3 Å². The number of rotatable bonds is 0. The minimum atomic E-state index is 0. The molecular weight excluding hydrogens is 1220 g/mol. The topological polar surface area (TPSA) is 56.6 Å². The standard InChI is InChI=1S/4C11H7NS.4HI/c4*1-2-4-9-8(3-1)5-6-10-11(9)12-7-13-10;;;;/h4*1-7H;4*1H. The molecule has 0 fully saturated rings. The van der Waals surface area contributed by atoms with Gasteiger partial charge < -0.3 is 95.9 Å². The van der Waals surface area contributed by atoms with Gasteiger partial charge in [-0.3, -0.25) is 0 Å². The molecule has 0 saturated carbocycles. The molecule has 8 aromatic carbocycles. The van der Waals surface area contributed by atoms with E-state index in [4.69, 9.17) is 0 Å². The van der Waals surface area contributed by atoms with Crippen LogP contribution in [0.25, 0.3) is 84.0 Å². The average molecular weight is 1250 g/mol. The molecule has 0 radical (unpaired) electrons. The second-order valence-electron chi connectivity index (χ2n) is 12.2. The number of nitrogens with one attached hydrogen (secondary N) is 4. The number of hydrogen-bond donors (Lipinski definition) is 0. The first-order valence-corrected chi connectivity index (χ1v) is 20.4. The van der Waals surface area contributed by atoms with Crippen LogP contribution in [-0.4, -0.2) is 0 Å². The average Bonchev–Trinajstić information content (AvgIpc) is 4.05. The Balaban J connectivity index is 0.000000140. The second kappa shape index (κ2) is 20.8. The van der Waals surface area contributed by atoms with Gasteiger partial charge in [0.2, 0.25) is 44.1 Å². The van der Waals surface area contributed by atoms with E-state index < -0.39 is 0 Å². The highest BCUT2D eigenvalue weighted by Gasteiger charge is 2.09. The van der Waals surface area contributed by atoms with Gasteiger partial charge in [0.25, 0.3) is 0 Å². The summed E-state index contributed by atoms with van der Waals surface area (Å²) in [6.45, 7) is 0. The van der Waals surface area contributed by atoms with Crippen molar-refractivity contribution in [2.75, 3.05) is 0 Å². The van der Waals surface area contributed by atoms with Crippen LogP contribution in [0.1, 0.15) is 0 Å². The van der Waals surface area contributed by atoms with Crippen LogP contribution in [0.3, 0.4) is 0 Å². The van der Waals surface area contributed by atoms with Crippen LogP contribution in [0.5, 0.6) is 0 Å². The van der Waals surface area contributed by atoms with Crippen molar-refractivity contribution in [1.29, 1.82) is 0 Å². The number of halogens is 4. The van der Waals surface area contributed by atoms with E-state index >= 15 is 0 Å². The summed E-state index contributed by atoms with van der Waals surface area (Å²) < 4.78 is 5.27. The Labute approximate surface area is 407 Å². The van der Waals surface area contributed by atoms with Crippen LogP contribution >= 0.6 is 45.3 Å². The number of thiazole rings is 4. The summed E-state index contributed by atoms with van der Waals surface area (Å²) in [5.74, 6) is 0. The Hall–Kier alpha value is -2.72. The Kier molecular flexibility index (Phi) is 16.5. The lowest BCUT2D eigenvalue weighted by atomic mass is 10.1. The lowest BCUT2D eigenvalue weighted by molar-refractivity contribution is -0.337. The maximum absolute atomic E-state index is 3.28. The molecule has 4 heterocycles. The molecule has 4 nitrogen and oxygen atoms in total. The van der Waals surface area contributed by atoms with E-state index in [2.05, 4.69) is 166 Å². The molecule has 12 rings (SSSR count). The third kappa shape index (κ3) is 9.43. The molecule has 0 saturated heterocycles. The van der Waals surface area contributed by atoms with Crippen LogP contribution in [0, 0.1) is 0 Å². The molecule has 4 aromatic heterocycles. The summed E-state index contributed by atoms with van der Waals surface area (Å²) in [6.07, 6.45) is 0. The fourth-order valence-electron chi connectivity index (χ4n) is 6.60. The van der Waals surface area contributed by atoms with Gasteiger partial charge in [-0.15, -0.1) is 0 Å². The number of aromatic nitrogens is 4. The first-order valence-electron chi connectivity index (χ1n) is 16.9. The predicted octanol–water partition coefficient (Wildman–Crippen LogP) is -0.510. The molecule has 0 amide bonds. The smallest absolute Gasteiger partial charge is 0.229 e. The van der Waals surface area contributed by atoms with Crippen LogP contribution < -0.4 is 116 Å². The van der Waals surface area contributed by atoms with Crippen molar-refractivity contribution in [2.24, 2.45) is 0 Å². The van der Waals surface area contributed by atoms with E-state index in [0.29, 0.717) is 0 Å². The zero-order valence-electron chi connectivity index (χ0n) is 29.3. The molecule has 0 atom stereocenters. The van der Waals surface area contributed by atoms with Crippen molar-refractivity contribution >= 4 is 129 Å². The lowest BCUT2D eigenvalue weighted by Crippen LogP contribution is -3.00. The van der Waals surface area contributed by atoms with Gasteiger partial charge in [0, 0.05) is 0 Å². The van der Waals surface area contributed by atoms with Crippen molar-refractivity contribution in [3.8, 4) is 0 Å². The van der Waals surface area contributed by atoms with Crippen molar-refractivity contribution in [3.05, 3.63) is 168 Å². The zero-order chi connectivity index (χ0) is 34.7. The van der Waals surface area contributed by atoms with Gasteiger partial charge in [-0.2, -0.15) is 0 Å². The monoisotopic (exact) mass is 1250 g/mol. The van der Waals surface area contributed by atoms with Crippen molar-refractivity contribution < 1.29 is 116 Å². The molecule has 0 aliphatic rings. The molecule has 12 heteroatoms. The fourth-order valence-corrected chi connectivity index (χ4v) is 9.55. The number of aromatic amines is 4. The third-order valence-electron chi connectivity index (χ3n) is 9.12. The van der Waals surface area contributed by atoms with Gasteiger partial charge in [-0.1, -0.05) is 142 Å². The molecular formula is C44H32I4N4S4. The first kappa shape index (κ1) is 44.4. The molecule has 56 heavy (non-hydrogen) atoms. The number of fused-ring (bicyclic) bond motifs is 12. The van der Waals surface area contributed by atoms with Gasteiger partial charge >= 0.3 is 0 Å². The summed E-state index contributed by atoms with van der Waals surface area (Å²) in [4.78, 5) is 13.1. The van der Waals surface area contributed by atoms with Gasteiger partial charge in [-0.05, 0) is 70.1 Å². The van der Waals surface area contributed by atoms with Gasteiger partial charge in [-0.25, -0.2) is 19.9 Å². The quantitative estimate of drug-likeness (QED) is 0.184. The summed E-state index contributed by atoms with van der Waals surface area (Å²) in [7, 11) is 0. The molecule has 4 N–H and O–H groups in total. The Morgan fingerprint density at radius 2 is 0.464 bits per heavy atom. The summed E-state index contributed by atoms with van der Waals surface area (Å²) in [5.41, 5.74) is 13.1. The van der Waals surface area contributed by atoms with Crippen LogP contribution in [0.2, 0.25) is 0 Å². The van der Waals surface area contributed by atoms with E-state index in [1.165, 1.54) is 84.0 Å². The maximum atomic E-state index is 3.28. The van der Waals surface area contributed by atoms with E-state index in [0.717, 1.165) is 0 Å². The summed E-state index contributed by atoms with van der Waals surface area (Å²) >= 11 is 6.99. The van der Waals surface area contributed by atoms with Crippen molar-refractivity contribution in [1.82, 2.24) is 0 Å². The van der Waals surface area contributed by atoms with Gasteiger partial charge in [0.05, 0.1) is 21.5 Å². The Morgan fingerprint density at radius 3 is 0.696 bits per heavy atom. The highest BCUT2D eigenvalue weighted by molar-refractivity contribution is 7.17. The van der Waals surface area contributed by atoms with E-state index in [1.807, 2.05) is 22.0 Å². The number of hydrogen-bond acceptors (Lipinski definition) is 4. The molecule has 0 bridgehead atoms. The zero-order valence-corrected chi connectivity index (χ0v) is 41.2. The van der Waals surface area contributed by atoms with Gasteiger partial charge in [0.1, 0.15) is 18.8 Å². The van der Waals surface area contributed by atoms with Gasteiger partial charge in [0.15, 0.2) is 0 Å². The van der Waals surface area contributed by atoms with Crippen LogP contribution in [0.15, 0.2) is 168 Å². The largest absolute Gasteiger partial charge is 1.00 e. The highest BCUT2D eigenvalue weighted by atomic mass is 127. The molecule has 0 aliphatic heterocycles. The lowest BCUT2D eigenvalue weighted by Gasteiger charge is -1.93. The normalized spacial score (nSPS) is 10.3. The molecule has 0 unspecified atom stereocenters. The Bertz CT molecular complexity index is 2720. The number of H-pyrrole nitrogens is 4. The second-order valence-corrected chi connectivity index (χ2v) is 15.8. The molecule has 0 aliphatic carbocycles. The van der Waals surface area contributed by atoms with Crippen molar-refractivity contribution in [2.45, 2.75) is 0 Å². The number of benzene rings is 8. The van der Waals surface area contributed by atoms with E-state index in [9.17, 15) is 0 Å². The van der Waals surface area contributed by atoms with Crippen molar-refractivity contribution in [3.63, 3.8) is 0 Å². The van der Waals surface area contributed by atoms with E-state index in [-0.39, 0.29) is 95.9 Å². The molecule has 280 valence electrons. The van der Waals surface area contributed by atoms with Crippen LogP contribution in [-0.2, 0) is 0 Å². The third-order valence-corrected chi connectivity index (χ3v) is 12.4. The minimum absolute atomic E-state index is 0. The maximum Gasteiger partial charge on any atom is 0.229 e. The SMILES string of the molecule is [I-].[I-].[I-].[I-].c1ccc2c(c1)ccc1sc[nH+]c12.c1ccc2c(c1)ccc1sc[nH+]c12.c1ccc2c(c1)ccc1sc[nH+]c12.c1ccc2c(c1)ccc1sc[nH+]c12. The summed E-state index contributed by atoms with van der Waals surface area (Å²) in [6, 6.07) is 51.1. The fraction of sp³-hybridized carbons (Fsp3) is 0.